The summed E-state index contributed by atoms with van der Waals surface area (Å²) in [4.78, 5) is 11.9. The van der Waals surface area contributed by atoms with Gasteiger partial charge < -0.3 is 5.73 Å². The number of rotatable bonds is 5. The third-order valence-electron chi connectivity index (χ3n) is 2.68. The highest BCUT2D eigenvalue weighted by molar-refractivity contribution is 5.89. The van der Waals surface area contributed by atoms with Crippen LogP contribution in [0.1, 0.15) is 32.3 Å². The molecule has 0 aliphatic carbocycles. The van der Waals surface area contributed by atoms with Gasteiger partial charge >= 0.3 is 0 Å². The summed E-state index contributed by atoms with van der Waals surface area (Å²) in [6, 6.07) is 5.96. The first-order valence-corrected chi connectivity index (χ1v) is 5.52. The maximum absolute atomic E-state index is 12.7. The third kappa shape index (κ3) is 3.42. The van der Waals surface area contributed by atoms with E-state index >= 15 is 0 Å². The Morgan fingerprint density at radius 2 is 1.94 bits per heavy atom. The monoisotopic (exact) mass is 223 g/mol. The summed E-state index contributed by atoms with van der Waals surface area (Å²) >= 11 is 0. The summed E-state index contributed by atoms with van der Waals surface area (Å²) in [5.41, 5.74) is 5.96. The van der Waals surface area contributed by atoms with Crippen LogP contribution in [-0.4, -0.2) is 11.3 Å². The van der Waals surface area contributed by atoms with Gasteiger partial charge in [0.15, 0.2) is 5.78 Å². The lowest BCUT2D eigenvalue weighted by Gasteiger charge is -2.22. The van der Waals surface area contributed by atoms with E-state index in [1.807, 2.05) is 6.92 Å². The molecule has 0 radical (unpaired) electrons. The summed E-state index contributed by atoms with van der Waals surface area (Å²) in [7, 11) is 0. The zero-order valence-electron chi connectivity index (χ0n) is 9.79. The first-order valence-electron chi connectivity index (χ1n) is 5.52. The van der Waals surface area contributed by atoms with Gasteiger partial charge in [-0.15, -0.1) is 0 Å². The highest BCUT2D eigenvalue weighted by atomic mass is 19.1. The van der Waals surface area contributed by atoms with Gasteiger partial charge in [0.25, 0.3) is 0 Å². The maximum atomic E-state index is 12.7. The molecule has 1 rings (SSSR count). The predicted molar refractivity (Wildman–Crippen MR) is 62.6 cm³/mol. The van der Waals surface area contributed by atoms with E-state index in [-0.39, 0.29) is 18.0 Å². The van der Waals surface area contributed by atoms with Gasteiger partial charge in [-0.3, -0.25) is 4.79 Å². The average molecular weight is 223 g/mol. The molecule has 2 N–H and O–H groups in total. The van der Waals surface area contributed by atoms with E-state index in [2.05, 4.69) is 0 Å². The van der Waals surface area contributed by atoms with Crippen LogP contribution in [0.15, 0.2) is 24.3 Å². The Morgan fingerprint density at radius 3 is 2.44 bits per heavy atom. The van der Waals surface area contributed by atoms with Crippen molar-refractivity contribution in [3.8, 4) is 0 Å². The minimum absolute atomic E-state index is 0.000887. The Labute approximate surface area is 95.7 Å². The molecule has 3 heteroatoms. The zero-order valence-corrected chi connectivity index (χ0v) is 9.79. The lowest BCUT2D eigenvalue weighted by atomic mass is 9.88. The molecule has 0 aliphatic heterocycles. The molecule has 1 aromatic carbocycles. The van der Waals surface area contributed by atoms with Crippen molar-refractivity contribution in [2.45, 2.75) is 38.6 Å². The molecule has 1 aromatic rings. The Morgan fingerprint density at radius 1 is 1.38 bits per heavy atom. The second-order valence-electron chi connectivity index (χ2n) is 4.39. The fourth-order valence-corrected chi connectivity index (χ4v) is 1.65. The maximum Gasteiger partial charge on any atom is 0.156 e. The largest absolute Gasteiger partial charge is 0.319 e. The Hall–Kier alpha value is -1.22. The van der Waals surface area contributed by atoms with E-state index < -0.39 is 5.54 Å². The fraction of sp³-hybridized carbons (Fsp3) is 0.462. The molecule has 1 unspecified atom stereocenters. The van der Waals surface area contributed by atoms with Crippen LogP contribution < -0.4 is 5.73 Å². The number of nitrogens with two attached hydrogens (primary N) is 1. The van der Waals surface area contributed by atoms with Crippen LogP contribution in [0.2, 0.25) is 0 Å². The topological polar surface area (TPSA) is 43.1 Å². The molecule has 0 bridgehead atoms. The van der Waals surface area contributed by atoms with Crippen molar-refractivity contribution in [3.63, 3.8) is 0 Å². The van der Waals surface area contributed by atoms with Gasteiger partial charge in [-0.25, -0.2) is 4.39 Å². The lowest BCUT2D eigenvalue weighted by Crippen LogP contribution is -2.45. The molecule has 0 saturated carbocycles. The minimum atomic E-state index is -0.775. The molecule has 2 nitrogen and oxygen atoms in total. The summed E-state index contributed by atoms with van der Waals surface area (Å²) < 4.78 is 12.7. The van der Waals surface area contributed by atoms with Crippen molar-refractivity contribution >= 4 is 5.78 Å². The first-order chi connectivity index (χ1) is 7.45. The van der Waals surface area contributed by atoms with E-state index in [4.69, 9.17) is 5.73 Å². The van der Waals surface area contributed by atoms with Crippen LogP contribution in [0.3, 0.4) is 0 Å². The highest BCUT2D eigenvalue weighted by Gasteiger charge is 2.26. The number of carbonyl (C=O) groups is 1. The van der Waals surface area contributed by atoms with Crippen molar-refractivity contribution in [3.05, 3.63) is 35.6 Å². The van der Waals surface area contributed by atoms with Crippen molar-refractivity contribution < 1.29 is 9.18 Å². The van der Waals surface area contributed by atoms with Crippen molar-refractivity contribution in [1.82, 2.24) is 0 Å². The summed E-state index contributed by atoms with van der Waals surface area (Å²) in [5, 5.41) is 0. The second-order valence-corrected chi connectivity index (χ2v) is 4.39. The molecule has 0 aliphatic rings. The Bertz CT molecular complexity index is 357. The predicted octanol–water partition coefficient (Wildman–Crippen LogP) is 2.45. The number of ketones is 1. The SMILES string of the molecule is CCCC(C)(N)C(=O)Cc1ccc(F)cc1. The molecular formula is C13H18FNO. The number of Topliss-reactive ketones (excluding diaryl/α,β-unsaturated/α-hetero) is 1. The van der Waals surface area contributed by atoms with Crippen LogP contribution >= 0.6 is 0 Å². The molecule has 0 spiro atoms. The Kier molecular flexibility index (Phi) is 4.19. The minimum Gasteiger partial charge on any atom is -0.319 e. The summed E-state index contributed by atoms with van der Waals surface area (Å²) in [6.45, 7) is 3.75. The second kappa shape index (κ2) is 5.21. The van der Waals surface area contributed by atoms with E-state index in [0.29, 0.717) is 6.42 Å². The van der Waals surface area contributed by atoms with Crippen LogP contribution in [0.5, 0.6) is 0 Å². The number of hydrogen-bond donors (Lipinski definition) is 1. The highest BCUT2D eigenvalue weighted by Crippen LogP contribution is 2.14. The zero-order chi connectivity index (χ0) is 12.2. The van der Waals surface area contributed by atoms with Gasteiger partial charge in [0.1, 0.15) is 5.82 Å². The molecule has 0 aromatic heterocycles. The van der Waals surface area contributed by atoms with E-state index in [1.54, 1.807) is 19.1 Å². The van der Waals surface area contributed by atoms with Crippen LogP contribution in [0, 0.1) is 5.82 Å². The molecule has 0 amide bonds. The van der Waals surface area contributed by atoms with E-state index in [1.165, 1.54) is 12.1 Å². The molecular weight excluding hydrogens is 205 g/mol. The molecule has 88 valence electrons. The molecule has 0 saturated heterocycles. The van der Waals surface area contributed by atoms with Gasteiger partial charge in [0, 0.05) is 6.42 Å². The summed E-state index contributed by atoms with van der Waals surface area (Å²) in [5.74, 6) is -0.291. The molecule has 1 atom stereocenters. The van der Waals surface area contributed by atoms with Crippen molar-refractivity contribution in [2.75, 3.05) is 0 Å². The van der Waals surface area contributed by atoms with Gasteiger partial charge in [-0.1, -0.05) is 25.5 Å². The third-order valence-corrected chi connectivity index (χ3v) is 2.68. The van der Waals surface area contributed by atoms with Crippen molar-refractivity contribution in [1.29, 1.82) is 0 Å². The van der Waals surface area contributed by atoms with Gasteiger partial charge in [0.05, 0.1) is 5.54 Å². The summed E-state index contributed by atoms with van der Waals surface area (Å²) in [6.07, 6.45) is 1.82. The smallest absolute Gasteiger partial charge is 0.156 e. The van der Waals surface area contributed by atoms with Crippen LogP contribution in [0.25, 0.3) is 0 Å². The number of halogens is 1. The van der Waals surface area contributed by atoms with Crippen LogP contribution in [-0.2, 0) is 11.2 Å². The quantitative estimate of drug-likeness (QED) is 0.833. The number of carbonyl (C=O) groups excluding carboxylic acids is 1. The standard InChI is InChI=1S/C13H18FNO/c1-3-8-13(2,15)12(16)9-10-4-6-11(14)7-5-10/h4-7H,3,8-9,15H2,1-2H3. The molecule has 16 heavy (non-hydrogen) atoms. The average Bonchev–Trinajstić information content (AvgIpc) is 2.21. The number of hydrogen-bond acceptors (Lipinski definition) is 2. The fourth-order valence-electron chi connectivity index (χ4n) is 1.65. The molecule has 0 heterocycles. The first kappa shape index (κ1) is 12.8. The van der Waals surface area contributed by atoms with Gasteiger partial charge in [-0.2, -0.15) is 0 Å². The van der Waals surface area contributed by atoms with E-state index in [9.17, 15) is 9.18 Å². The van der Waals surface area contributed by atoms with Crippen LogP contribution in [0.4, 0.5) is 4.39 Å². The lowest BCUT2D eigenvalue weighted by molar-refractivity contribution is -0.123. The normalized spacial score (nSPS) is 14.5. The van der Waals surface area contributed by atoms with Gasteiger partial charge in [0.2, 0.25) is 0 Å². The molecule has 0 fully saturated rings. The Balaban J connectivity index is 2.67. The number of benzene rings is 1. The van der Waals surface area contributed by atoms with Crippen molar-refractivity contribution in [2.24, 2.45) is 5.73 Å². The van der Waals surface area contributed by atoms with Gasteiger partial charge in [-0.05, 0) is 31.0 Å². The van der Waals surface area contributed by atoms with E-state index in [0.717, 1.165) is 12.0 Å².